The normalized spacial score (nSPS) is 12.9. The van der Waals surface area contributed by atoms with Crippen LogP contribution >= 0.6 is 0 Å². The highest BCUT2D eigenvalue weighted by Gasteiger charge is 2.14. The molecule has 2 aromatic heterocycles. The molecule has 0 bridgehead atoms. The first-order valence-electron chi connectivity index (χ1n) is 6.31. The molecule has 2 rings (SSSR count). The summed E-state index contributed by atoms with van der Waals surface area (Å²) >= 11 is 0. The molecule has 0 amide bonds. The molecule has 0 aliphatic rings. The fourth-order valence-corrected chi connectivity index (χ4v) is 1.90. The number of anilines is 1. The van der Waals surface area contributed by atoms with Crippen molar-refractivity contribution < 1.29 is 0 Å². The van der Waals surface area contributed by atoms with Gasteiger partial charge >= 0.3 is 5.69 Å². The summed E-state index contributed by atoms with van der Waals surface area (Å²) in [6.45, 7) is 8.13. The number of aryl methyl sites for hydroxylation is 2. The van der Waals surface area contributed by atoms with Crippen molar-refractivity contribution in [3.63, 3.8) is 0 Å². The van der Waals surface area contributed by atoms with E-state index < -0.39 is 0 Å². The highest BCUT2D eigenvalue weighted by atomic mass is 16.1. The Bertz CT molecular complexity index is 613. The van der Waals surface area contributed by atoms with Gasteiger partial charge in [-0.1, -0.05) is 13.8 Å². The Balaban J connectivity index is 2.66. The largest absolute Gasteiger partial charge is 0.353 e. The molecule has 0 fully saturated rings. The van der Waals surface area contributed by atoms with Gasteiger partial charge in [0, 0.05) is 11.6 Å². The van der Waals surface area contributed by atoms with Gasteiger partial charge in [-0.15, -0.1) is 0 Å². The van der Waals surface area contributed by atoms with E-state index in [2.05, 4.69) is 34.3 Å². The van der Waals surface area contributed by atoms with Crippen molar-refractivity contribution in [1.82, 2.24) is 19.6 Å². The molecule has 0 unspecified atom stereocenters. The lowest BCUT2D eigenvalue weighted by atomic mass is 10.2. The minimum Gasteiger partial charge on any atom is -0.353 e. The lowest BCUT2D eigenvalue weighted by Crippen LogP contribution is -2.22. The third kappa shape index (κ3) is 1.98. The van der Waals surface area contributed by atoms with Gasteiger partial charge in [-0.2, -0.15) is 5.10 Å². The van der Waals surface area contributed by atoms with Gasteiger partial charge in [-0.3, -0.25) is 0 Å². The Labute approximate surface area is 105 Å². The lowest BCUT2D eigenvalue weighted by molar-refractivity contribution is 0.744. The molecule has 1 atom stereocenters. The second kappa shape index (κ2) is 4.80. The molecule has 98 valence electrons. The molecule has 0 radical (unpaired) electrons. The number of nitrogens with one attached hydrogen (secondary N) is 2. The van der Waals surface area contributed by atoms with Crippen molar-refractivity contribution in [1.29, 1.82) is 0 Å². The topological polar surface area (TPSA) is 75.1 Å². The summed E-state index contributed by atoms with van der Waals surface area (Å²) in [6.07, 6.45) is 1.78. The van der Waals surface area contributed by atoms with Crippen molar-refractivity contribution in [3.8, 4) is 0 Å². The summed E-state index contributed by atoms with van der Waals surface area (Å²) < 4.78 is 1.50. The number of nitrogens with zero attached hydrogens (tertiary/aromatic N) is 3. The van der Waals surface area contributed by atoms with Gasteiger partial charge in [0.25, 0.3) is 0 Å². The summed E-state index contributed by atoms with van der Waals surface area (Å²) in [5.74, 6) is 0.570. The van der Waals surface area contributed by atoms with Gasteiger partial charge in [0.1, 0.15) is 0 Å². The van der Waals surface area contributed by atoms with Crippen LogP contribution in [-0.4, -0.2) is 25.6 Å². The zero-order valence-electron chi connectivity index (χ0n) is 11.2. The van der Waals surface area contributed by atoms with E-state index in [1.165, 1.54) is 4.40 Å². The molecule has 0 aromatic carbocycles. The summed E-state index contributed by atoms with van der Waals surface area (Å²) in [5, 5.41) is 9.80. The maximum absolute atomic E-state index is 11.8. The smallest absolute Gasteiger partial charge is 0.350 e. The van der Waals surface area contributed by atoms with Crippen LogP contribution in [0.2, 0.25) is 0 Å². The van der Waals surface area contributed by atoms with Crippen LogP contribution in [0.4, 0.5) is 5.95 Å². The minimum absolute atomic E-state index is 0.256. The number of aromatic nitrogens is 4. The van der Waals surface area contributed by atoms with Crippen molar-refractivity contribution in [2.75, 3.05) is 5.32 Å². The molecule has 6 heteroatoms. The highest BCUT2D eigenvalue weighted by Crippen LogP contribution is 2.16. The first-order valence-corrected chi connectivity index (χ1v) is 6.31. The van der Waals surface area contributed by atoms with Gasteiger partial charge < -0.3 is 5.32 Å². The van der Waals surface area contributed by atoms with E-state index in [0.717, 1.165) is 24.1 Å². The third-order valence-electron chi connectivity index (χ3n) is 3.22. The molecule has 0 saturated heterocycles. The van der Waals surface area contributed by atoms with Crippen LogP contribution in [0, 0.1) is 6.92 Å². The monoisotopic (exact) mass is 249 g/mol. The molecule has 0 aliphatic heterocycles. The van der Waals surface area contributed by atoms with Gasteiger partial charge in [-0.05, 0) is 26.7 Å². The predicted molar refractivity (Wildman–Crippen MR) is 71.1 cm³/mol. The van der Waals surface area contributed by atoms with Crippen LogP contribution in [0.1, 0.15) is 38.4 Å². The van der Waals surface area contributed by atoms with E-state index in [0.29, 0.717) is 11.6 Å². The van der Waals surface area contributed by atoms with E-state index in [9.17, 15) is 4.79 Å². The van der Waals surface area contributed by atoms with Crippen LogP contribution < -0.4 is 11.0 Å². The highest BCUT2D eigenvalue weighted by molar-refractivity contribution is 5.53. The number of aromatic amines is 1. The first kappa shape index (κ1) is 12.6. The van der Waals surface area contributed by atoms with Crippen LogP contribution in [0.3, 0.4) is 0 Å². The number of rotatable bonds is 4. The fraction of sp³-hybridized carbons (Fsp3) is 0.583. The number of hydrogen-bond acceptors (Lipinski definition) is 4. The predicted octanol–water partition coefficient (Wildman–Crippen LogP) is 1.50. The third-order valence-corrected chi connectivity index (χ3v) is 3.22. The number of H-pyrrole nitrogens is 1. The van der Waals surface area contributed by atoms with Crippen molar-refractivity contribution in [2.24, 2.45) is 0 Å². The second-order valence-electron chi connectivity index (χ2n) is 4.50. The van der Waals surface area contributed by atoms with Crippen molar-refractivity contribution in [2.45, 2.75) is 46.6 Å². The maximum atomic E-state index is 11.8. The Kier molecular flexibility index (Phi) is 3.36. The van der Waals surface area contributed by atoms with Gasteiger partial charge in [-0.25, -0.2) is 19.3 Å². The molecule has 2 N–H and O–H groups in total. The Hall–Kier alpha value is -1.85. The Morgan fingerprint density at radius 3 is 2.78 bits per heavy atom. The molecular weight excluding hydrogens is 230 g/mol. The van der Waals surface area contributed by atoms with E-state index in [1.807, 2.05) is 13.8 Å². The van der Waals surface area contributed by atoms with Crippen LogP contribution in [0.5, 0.6) is 0 Å². The number of fused-ring (bicyclic) bond motifs is 1. The zero-order valence-corrected chi connectivity index (χ0v) is 11.2. The summed E-state index contributed by atoms with van der Waals surface area (Å²) in [4.78, 5) is 16.3. The van der Waals surface area contributed by atoms with E-state index >= 15 is 0 Å². The molecule has 6 nitrogen and oxygen atoms in total. The quantitative estimate of drug-likeness (QED) is 0.861. The van der Waals surface area contributed by atoms with E-state index in [-0.39, 0.29) is 11.7 Å². The second-order valence-corrected chi connectivity index (χ2v) is 4.50. The molecular formula is C12H19N5O. The summed E-state index contributed by atoms with van der Waals surface area (Å²) in [6, 6.07) is 0.259. The zero-order chi connectivity index (χ0) is 13.3. The van der Waals surface area contributed by atoms with Crippen LogP contribution in [0.25, 0.3) is 5.65 Å². The molecule has 18 heavy (non-hydrogen) atoms. The number of hydrogen-bond donors (Lipinski definition) is 2. The molecule has 0 saturated carbocycles. The minimum atomic E-state index is -0.256. The summed E-state index contributed by atoms with van der Waals surface area (Å²) in [7, 11) is 0. The van der Waals surface area contributed by atoms with Crippen LogP contribution in [-0.2, 0) is 6.42 Å². The average Bonchev–Trinajstić information content (AvgIpc) is 2.75. The molecule has 2 aromatic rings. The van der Waals surface area contributed by atoms with Crippen molar-refractivity contribution >= 4 is 11.6 Å². The SMILES string of the molecule is CCc1nc(N[C@@H](C)CC)n2c(=O)[nH]nc2c1C. The Morgan fingerprint density at radius 2 is 2.17 bits per heavy atom. The Morgan fingerprint density at radius 1 is 1.44 bits per heavy atom. The lowest BCUT2D eigenvalue weighted by Gasteiger charge is -2.15. The maximum Gasteiger partial charge on any atom is 0.350 e. The van der Waals surface area contributed by atoms with Crippen LogP contribution in [0.15, 0.2) is 4.79 Å². The standard InChI is InChI=1S/C12H19N5O/c1-5-7(3)13-11-14-9(6-2)8(4)10-15-16-12(18)17(10)11/h7H,5-6H2,1-4H3,(H,13,14)(H,16,18)/t7-/m0/s1. The van der Waals surface area contributed by atoms with E-state index in [4.69, 9.17) is 0 Å². The van der Waals surface area contributed by atoms with Gasteiger partial charge in [0.2, 0.25) is 5.95 Å². The molecule has 0 aliphatic carbocycles. The molecule has 2 heterocycles. The molecule has 0 spiro atoms. The van der Waals surface area contributed by atoms with E-state index in [1.54, 1.807) is 0 Å². The first-order chi connectivity index (χ1) is 8.58. The van der Waals surface area contributed by atoms with Gasteiger partial charge in [0.05, 0.1) is 5.69 Å². The van der Waals surface area contributed by atoms with Gasteiger partial charge in [0.15, 0.2) is 5.65 Å². The van der Waals surface area contributed by atoms with Crippen molar-refractivity contribution in [3.05, 3.63) is 21.7 Å². The average molecular weight is 249 g/mol. The summed E-state index contributed by atoms with van der Waals surface area (Å²) in [5.41, 5.74) is 2.31. The fourth-order valence-electron chi connectivity index (χ4n) is 1.90.